The Kier molecular flexibility index (Phi) is 12.6. The van der Waals surface area contributed by atoms with Gasteiger partial charge in [-0.2, -0.15) is 0 Å². The Hall–Kier alpha value is -0.0800. The van der Waals surface area contributed by atoms with Crippen LogP contribution in [0.3, 0.4) is 0 Å². The van der Waals surface area contributed by atoms with E-state index in [1.807, 2.05) is 6.92 Å². The van der Waals surface area contributed by atoms with E-state index in [0.717, 1.165) is 25.9 Å². The first-order valence-electron chi connectivity index (χ1n) is 8.91. The number of rotatable bonds is 14. The van der Waals surface area contributed by atoms with Crippen LogP contribution in [-0.2, 0) is 0 Å². The van der Waals surface area contributed by atoms with Gasteiger partial charge in [0.15, 0.2) is 0 Å². The van der Waals surface area contributed by atoms with E-state index < -0.39 is 5.60 Å². The van der Waals surface area contributed by atoms with Crippen LogP contribution in [-0.4, -0.2) is 23.8 Å². The Morgan fingerprint density at radius 2 is 1.45 bits per heavy atom. The number of hydrogen-bond acceptors (Lipinski definition) is 2. The van der Waals surface area contributed by atoms with Gasteiger partial charge in [-0.1, -0.05) is 72.1 Å². The summed E-state index contributed by atoms with van der Waals surface area (Å²) in [7, 11) is 0. The van der Waals surface area contributed by atoms with Crippen molar-refractivity contribution in [1.82, 2.24) is 5.32 Å². The van der Waals surface area contributed by atoms with Gasteiger partial charge in [0, 0.05) is 0 Å². The molecule has 0 heterocycles. The van der Waals surface area contributed by atoms with Gasteiger partial charge in [0.2, 0.25) is 0 Å². The summed E-state index contributed by atoms with van der Waals surface area (Å²) >= 11 is 0. The van der Waals surface area contributed by atoms with Crippen molar-refractivity contribution >= 4 is 0 Å². The highest BCUT2D eigenvalue weighted by molar-refractivity contribution is 4.73. The summed E-state index contributed by atoms with van der Waals surface area (Å²) in [5, 5.41) is 13.7. The molecule has 20 heavy (non-hydrogen) atoms. The third kappa shape index (κ3) is 14.3. The second-order valence-electron chi connectivity index (χ2n) is 7.07. The van der Waals surface area contributed by atoms with Crippen molar-refractivity contribution in [3.05, 3.63) is 0 Å². The van der Waals surface area contributed by atoms with Crippen LogP contribution in [0.2, 0.25) is 0 Å². The molecular formula is C18H39NO. The topological polar surface area (TPSA) is 32.3 Å². The van der Waals surface area contributed by atoms with Crippen molar-refractivity contribution in [1.29, 1.82) is 0 Å². The van der Waals surface area contributed by atoms with Crippen LogP contribution >= 0.6 is 0 Å². The molecule has 0 fully saturated rings. The lowest BCUT2D eigenvalue weighted by Gasteiger charge is -2.23. The third-order valence-electron chi connectivity index (χ3n) is 3.96. The van der Waals surface area contributed by atoms with Crippen LogP contribution in [0.4, 0.5) is 0 Å². The Balaban J connectivity index is 3.38. The minimum atomic E-state index is -0.480. The molecule has 0 amide bonds. The molecule has 0 aromatic rings. The standard InChI is InChI=1S/C18H39NO/c1-5-6-7-8-9-10-11-12-13-18(4,20)14-15-19-16-17(2)3/h17,19-20H,5-16H2,1-4H3. The molecule has 0 saturated heterocycles. The Morgan fingerprint density at radius 3 is 2.00 bits per heavy atom. The summed E-state index contributed by atoms with van der Waals surface area (Å²) in [4.78, 5) is 0. The molecule has 0 aromatic heterocycles. The molecule has 1 atom stereocenters. The van der Waals surface area contributed by atoms with Crippen molar-refractivity contribution in [3.8, 4) is 0 Å². The minimum absolute atomic E-state index is 0.480. The van der Waals surface area contributed by atoms with Gasteiger partial charge in [-0.15, -0.1) is 0 Å². The van der Waals surface area contributed by atoms with Gasteiger partial charge in [-0.05, 0) is 38.8 Å². The first-order chi connectivity index (χ1) is 9.48. The van der Waals surface area contributed by atoms with Gasteiger partial charge < -0.3 is 10.4 Å². The van der Waals surface area contributed by atoms with Crippen LogP contribution in [0.5, 0.6) is 0 Å². The van der Waals surface area contributed by atoms with Gasteiger partial charge in [-0.25, -0.2) is 0 Å². The number of aliphatic hydroxyl groups is 1. The fourth-order valence-electron chi connectivity index (χ4n) is 2.51. The largest absolute Gasteiger partial charge is 0.390 e. The van der Waals surface area contributed by atoms with Crippen LogP contribution in [0.1, 0.15) is 91.9 Å². The maximum absolute atomic E-state index is 10.3. The van der Waals surface area contributed by atoms with E-state index >= 15 is 0 Å². The molecule has 122 valence electrons. The average Bonchev–Trinajstić information content (AvgIpc) is 2.38. The first-order valence-corrected chi connectivity index (χ1v) is 8.91. The Bertz CT molecular complexity index is 202. The molecule has 0 aliphatic carbocycles. The molecule has 2 nitrogen and oxygen atoms in total. The molecule has 1 unspecified atom stereocenters. The molecule has 2 N–H and O–H groups in total. The molecule has 0 aliphatic rings. The number of hydrogen-bond donors (Lipinski definition) is 2. The molecule has 0 radical (unpaired) electrons. The summed E-state index contributed by atoms with van der Waals surface area (Å²) in [6.07, 6.45) is 12.5. The predicted octanol–water partition coefficient (Wildman–Crippen LogP) is 4.90. The highest BCUT2D eigenvalue weighted by Crippen LogP contribution is 2.19. The third-order valence-corrected chi connectivity index (χ3v) is 3.96. The second-order valence-corrected chi connectivity index (χ2v) is 7.07. The highest BCUT2D eigenvalue weighted by atomic mass is 16.3. The average molecular weight is 286 g/mol. The van der Waals surface area contributed by atoms with E-state index in [4.69, 9.17) is 0 Å². The lowest BCUT2D eigenvalue weighted by Crippen LogP contribution is -2.31. The summed E-state index contributed by atoms with van der Waals surface area (Å²) < 4.78 is 0. The summed E-state index contributed by atoms with van der Waals surface area (Å²) in [6, 6.07) is 0. The fourth-order valence-corrected chi connectivity index (χ4v) is 2.51. The van der Waals surface area contributed by atoms with E-state index in [2.05, 4.69) is 26.1 Å². The van der Waals surface area contributed by atoms with E-state index in [9.17, 15) is 5.11 Å². The SMILES string of the molecule is CCCCCCCCCCC(C)(O)CCNCC(C)C. The minimum Gasteiger partial charge on any atom is -0.390 e. The number of unbranched alkanes of at least 4 members (excludes halogenated alkanes) is 7. The predicted molar refractivity (Wildman–Crippen MR) is 90.2 cm³/mol. The zero-order valence-electron chi connectivity index (χ0n) is 14.5. The zero-order chi connectivity index (χ0) is 15.3. The quantitative estimate of drug-likeness (QED) is 0.445. The van der Waals surface area contributed by atoms with E-state index in [0.29, 0.717) is 5.92 Å². The molecular weight excluding hydrogens is 246 g/mol. The molecule has 0 aliphatic heterocycles. The zero-order valence-corrected chi connectivity index (χ0v) is 14.5. The lowest BCUT2D eigenvalue weighted by atomic mass is 9.94. The normalized spacial score (nSPS) is 14.7. The van der Waals surface area contributed by atoms with Gasteiger partial charge in [-0.3, -0.25) is 0 Å². The maximum Gasteiger partial charge on any atom is 0.0631 e. The molecule has 0 rings (SSSR count). The van der Waals surface area contributed by atoms with Gasteiger partial charge in [0.05, 0.1) is 5.60 Å². The second kappa shape index (κ2) is 12.6. The molecule has 0 saturated carbocycles. The first kappa shape index (κ1) is 19.9. The van der Waals surface area contributed by atoms with Gasteiger partial charge in [0.1, 0.15) is 0 Å². The Morgan fingerprint density at radius 1 is 0.900 bits per heavy atom. The summed E-state index contributed by atoms with van der Waals surface area (Å²) in [5.41, 5.74) is -0.480. The van der Waals surface area contributed by atoms with Crippen LogP contribution in [0.25, 0.3) is 0 Å². The van der Waals surface area contributed by atoms with Gasteiger partial charge >= 0.3 is 0 Å². The summed E-state index contributed by atoms with van der Waals surface area (Å²) in [5.74, 6) is 0.688. The molecule has 0 spiro atoms. The lowest BCUT2D eigenvalue weighted by molar-refractivity contribution is 0.0394. The summed E-state index contributed by atoms with van der Waals surface area (Å²) in [6.45, 7) is 10.7. The molecule has 2 heteroatoms. The monoisotopic (exact) mass is 285 g/mol. The van der Waals surface area contributed by atoms with Crippen molar-refractivity contribution in [2.75, 3.05) is 13.1 Å². The van der Waals surface area contributed by atoms with Crippen molar-refractivity contribution in [2.24, 2.45) is 5.92 Å². The van der Waals surface area contributed by atoms with Crippen LogP contribution < -0.4 is 5.32 Å². The van der Waals surface area contributed by atoms with Crippen LogP contribution in [0.15, 0.2) is 0 Å². The Labute approximate surface area is 127 Å². The van der Waals surface area contributed by atoms with Crippen molar-refractivity contribution in [2.45, 2.75) is 97.5 Å². The van der Waals surface area contributed by atoms with Crippen molar-refractivity contribution < 1.29 is 5.11 Å². The highest BCUT2D eigenvalue weighted by Gasteiger charge is 2.18. The van der Waals surface area contributed by atoms with Crippen LogP contribution in [0, 0.1) is 5.92 Å². The van der Waals surface area contributed by atoms with E-state index in [1.54, 1.807) is 0 Å². The molecule has 0 aromatic carbocycles. The maximum atomic E-state index is 10.3. The fraction of sp³-hybridized carbons (Fsp3) is 1.00. The van der Waals surface area contributed by atoms with E-state index in [-0.39, 0.29) is 0 Å². The number of nitrogens with one attached hydrogen (secondary N) is 1. The van der Waals surface area contributed by atoms with Crippen molar-refractivity contribution in [3.63, 3.8) is 0 Å². The molecule has 0 bridgehead atoms. The van der Waals surface area contributed by atoms with Gasteiger partial charge in [0.25, 0.3) is 0 Å². The van der Waals surface area contributed by atoms with E-state index in [1.165, 1.54) is 51.4 Å². The smallest absolute Gasteiger partial charge is 0.0631 e.